The van der Waals surface area contributed by atoms with Gasteiger partial charge in [-0.15, -0.1) is 0 Å². The van der Waals surface area contributed by atoms with E-state index in [9.17, 15) is 19.7 Å². The Labute approximate surface area is 201 Å². The molecule has 6 heteroatoms. The molecule has 0 unspecified atom stereocenters. The number of nitro benzene ring substituents is 1. The number of esters is 1. The first-order valence-electron chi connectivity index (χ1n) is 13.4. The van der Waals surface area contributed by atoms with Crippen molar-refractivity contribution in [2.45, 2.75) is 102 Å². The Kier molecular flexibility index (Phi) is 4.99. The second-order valence-corrected chi connectivity index (χ2v) is 11.9. The standard InChI is InChI=1S/C28H35NO5/c30-22-10-19-27(17-5-16-25(27)12-1-2-13-25)28(22)23(11-18-26(28)14-3-4-15-26)34-24(31)20-6-8-21(9-7-20)29(32)33/h6-9,23H,1-5,10-19H2/t23-,27-,28+/m1/s1. The second-order valence-electron chi connectivity index (χ2n) is 11.9. The highest BCUT2D eigenvalue weighted by molar-refractivity contribution is 5.93. The Balaban J connectivity index is 1.42. The number of carbonyl (C=O) groups excluding carboxylic acids is 2. The van der Waals surface area contributed by atoms with Gasteiger partial charge in [-0.1, -0.05) is 32.1 Å². The molecule has 0 bridgehead atoms. The van der Waals surface area contributed by atoms with Crippen LogP contribution in [0, 0.1) is 31.8 Å². The SMILES string of the molecule is O=C(O[C@@H]1CCC2(CCCC2)[C@]12C(=O)CC[C@@]21CCCC12CCCC2)c1ccc([N+](=O)[O-])cc1. The first-order chi connectivity index (χ1) is 16.4. The summed E-state index contributed by atoms with van der Waals surface area (Å²) in [6.45, 7) is 0. The molecule has 0 aromatic heterocycles. The van der Waals surface area contributed by atoms with E-state index in [-0.39, 0.29) is 28.0 Å². The third-order valence-electron chi connectivity index (χ3n) is 11.1. The lowest BCUT2D eigenvalue weighted by Gasteiger charge is -2.58. The van der Waals surface area contributed by atoms with Gasteiger partial charge in [-0.3, -0.25) is 14.9 Å². The molecule has 6 nitrogen and oxygen atoms in total. The maximum Gasteiger partial charge on any atom is 0.338 e. The van der Waals surface area contributed by atoms with Crippen LogP contribution in [0.4, 0.5) is 5.69 Å². The third-order valence-corrected chi connectivity index (χ3v) is 11.1. The highest BCUT2D eigenvalue weighted by atomic mass is 16.6. The van der Waals surface area contributed by atoms with Crippen molar-refractivity contribution in [1.82, 2.24) is 0 Å². The number of rotatable bonds is 3. The number of nitrogens with zero attached hydrogens (tertiary/aromatic N) is 1. The summed E-state index contributed by atoms with van der Waals surface area (Å²) in [7, 11) is 0. The van der Waals surface area contributed by atoms with Crippen molar-refractivity contribution in [2.75, 3.05) is 0 Å². The summed E-state index contributed by atoms with van der Waals surface area (Å²) in [6.07, 6.45) is 16.0. The lowest BCUT2D eigenvalue weighted by molar-refractivity contribution is -0.384. The molecule has 0 aliphatic heterocycles. The van der Waals surface area contributed by atoms with Crippen LogP contribution in [-0.4, -0.2) is 22.8 Å². The average Bonchev–Trinajstić information content (AvgIpc) is 3.65. The van der Waals surface area contributed by atoms with Crippen LogP contribution in [-0.2, 0) is 9.53 Å². The molecule has 4 spiro atoms. The molecule has 34 heavy (non-hydrogen) atoms. The van der Waals surface area contributed by atoms with E-state index in [0.29, 0.717) is 17.8 Å². The predicted octanol–water partition coefficient (Wildman–Crippen LogP) is 6.55. The zero-order chi connectivity index (χ0) is 23.6. The molecule has 182 valence electrons. The fourth-order valence-electron chi connectivity index (χ4n) is 10.2. The topological polar surface area (TPSA) is 86.5 Å². The quantitative estimate of drug-likeness (QED) is 0.287. The molecule has 5 saturated carbocycles. The van der Waals surface area contributed by atoms with Crippen molar-refractivity contribution >= 4 is 17.4 Å². The van der Waals surface area contributed by atoms with Gasteiger partial charge in [-0.05, 0) is 86.2 Å². The maximum atomic E-state index is 14.2. The second kappa shape index (κ2) is 7.63. The van der Waals surface area contributed by atoms with Crippen LogP contribution in [0.15, 0.2) is 24.3 Å². The van der Waals surface area contributed by atoms with Gasteiger partial charge in [0.2, 0.25) is 0 Å². The zero-order valence-electron chi connectivity index (χ0n) is 20.0. The predicted molar refractivity (Wildman–Crippen MR) is 126 cm³/mol. The highest BCUT2D eigenvalue weighted by Gasteiger charge is 2.80. The molecule has 0 radical (unpaired) electrons. The Bertz CT molecular complexity index is 1010. The Morgan fingerprint density at radius 3 is 2.12 bits per heavy atom. The zero-order valence-corrected chi connectivity index (χ0v) is 20.0. The summed E-state index contributed by atoms with van der Waals surface area (Å²) in [5.74, 6) is -0.0655. The molecule has 0 saturated heterocycles. The van der Waals surface area contributed by atoms with Crippen LogP contribution in [0.2, 0.25) is 0 Å². The number of hydrogen-bond acceptors (Lipinski definition) is 5. The van der Waals surface area contributed by atoms with Crippen LogP contribution >= 0.6 is 0 Å². The Hall–Kier alpha value is -2.24. The van der Waals surface area contributed by atoms with Crippen LogP contribution in [0.3, 0.4) is 0 Å². The molecule has 1 aromatic rings. The molecule has 5 aliphatic carbocycles. The number of ether oxygens (including phenoxy) is 1. The summed E-state index contributed by atoms with van der Waals surface area (Å²) in [5.41, 5.74) is -0.0896. The molecule has 0 heterocycles. The third kappa shape index (κ3) is 2.63. The van der Waals surface area contributed by atoms with E-state index >= 15 is 0 Å². The average molecular weight is 466 g/mol. The van der Waals surface area contributed by atoms with Crippen molar-refractivity contribution in [2.24, 2.45) is 21.7 Å². The van der Waals surface area contributed by atoms with E-state index in [2.05, 4.69) is 0 Å². The van der Waals surface area contributed by atoms with Crippen LogP contribution < -0.4 is 0 Å². The van der Waals surface area contributed by atoms with E-state index in [0.717, 1.165) is 38.5 Å². The number of carbonyl (C=O) groups is 2. The normalized spacial score (nSPS) is 35.3. The van der Waals surface area contributed by atoms with Crippen LogP contribution in [0.1, 0.15) is 107 Å². The van der Waals surface area contributed by atoms with Crippen molar-refractivity contribution in [3.05, 3.63) is 39.9 Å². The number of hydrogen-bond donors (Lipinski definition) is 0. The van der Waals surface area contributed by atoms with E-state index in [1.165, 1.54) is 75.6 Å². The number of ketones is 1. The number of Topliss-reactive ketones (excluding diaryl/α,β-unsaturated/α-hetero) is 1. The van der Waals surface area contributed by atoms with Crippen molar-refractivity contribution in [3.8, 4) is 0 Å². The summed E-state index contributed by atoms with van der Waals surface area (Å²) >= 11 is 0. The molecular formula is C28H35NO5. The van der Waals surface area contributed by atoms with Gasteiger partial charge in [0.1, 0.15) is 11.9 Å². The van der Waals surface area contributed by atoms with E-state index in [1.54, 1.807) is 0 Å². The molecule has 0 amide bonds. The fourth-order valence-corrected chi connectivity index (χ4v) is 10.2. The first kappa shape index (κ1) is 22.2. The molecule has 5 aliphatic rings. The smallest absolute Gasteiger partial charge is 0.338 e. The van der Waals surface area contributed by atoms with E-state index < -0.39 is 16.3 Å². The van der Waals surface area contributed by atoms with E-state index in [1.807, 2.05) is 0 Å². The van der Waals surface area contributed by atoms with Gasteiger partial charge in [0, 0.05) is 18.6 Å². The molecule has 6 rings (SSSR count). The van der Waals surface area contributed by atoms with Gasteiger partial charge in [0.15, 0.2) is 0 Å². The minimum atomic E-state index is -0.548. The summed E-state index contributed by atoms with van der Waals surface area (Å²) < 4.78 is 6.35. The molecule has 3 atom stereocenters. The number of nitro groups is 1. The van der Waals surface area contributed by atoms with Gasteiger partial charge in [-0.25, -0.2) is 4.79 Å². The molecule has 5 fully saturated rings. The van der Waals surface area contributed by atoms with Crippen LogP contribution in [0.5, 0.6) is 0 Å². The summed E-state index contributed by atoms with van der Waals surface area (Å²) in [4.78, 5) is 38.2. The largest absolute Gasteiger partial charge is 0.458 e. The summed E-state index contributed by atoms with van der Waals surface area (Å²) in [5, 5.41) is 11.0. The highest BCUT2D eigenvalue weighted by Crippen LogP contribution is 2.81. The minimum absolute atomic E-state index is 0.0269. The summed E-state index contributed by atoms with van der Waals surface area (Å²) in [6, 6.07) is 5.67. The lowest BCUT2D eigenvalue weighted by Crippen LogP contribution is -2.60. The first-order valence-corrected chi connectivity index (χ1v) is 13.4. The Morgan fingerprint density at radius 1 is 0.853 bits per heavy atom. The van der Waals surface area contributed by atoms with E-state index in [4.69, 9.17) is 4.74 Å². The van der Waals surface area contributed by atoms with Crippen molar-refractivity contribution in [1.29, 1.82) is 0 Å². The number of fused-ring (bicyclic) bond motifs is 3. The van der Waals surface area contributed by atoms with Crippen molar-refractivity contribution in [3.63, 3.8) is 0 Å². The number of benzene rings is 1. The van der Waals surface area contributed by atoms with Gasteiger partial charge in [-0.2, -0.15) is 0 Å². The van der Waals surface area contributed by atoms with Crippen molar-refractivity contribution < 1.29 is 19.2 Å². The van der Waals surface area contributed by atoms with Gasteiger partial charge in [0.05, 0.1) is 15.9 Å². The number of non-ortho nitro benzene ring substituents is 1. The van der Waals surface area contributed by atoms with Gasteiger partial charge in [0.25, 0.3) is 5.69 Å². The minimum Gasteiger partial charge on any atom is -0.458 e. The molecular weight excluding hydrogens is 430 g/mol. The lowest BCUT2D eigenvalue weighted by atomic mass is 9.44. The maximum absolute atomic E-state index is 14.2. The van der Waals surface area contributed by atoms with Gasteiger partial charge >= 0.3 is 5.97 Å². The monoisotopic (exact) mass is 465 g/mol. The van der Waals surface area contributed by atoms with Gasteiger partial charge < -0.3 is 4.74 Å². The Morgan fingerprint density at radius 2 is 1.47 bits per heavy atom. The fraction of sp³-hybridized carbons (Fsp3) is 0.714. The molecule has 1 aromatic carbocycles. The van der Waals surface area contributed by atoms with Crippen LogP contribution in [0.25, 0.3) is 0 Å². The molecule has 0 N–H and O–H groups in total.